The van der Waals surface area contributed by atoms with Crippen LogP contribution in [0.3, 0.4) is 0 Å². The number of benzene rings is 4. The van der Waals surface area contributed by atoms with Gasteiger partial charge in [-0.15, -0.1) is 0 Å². The van der Waals surface area contributed by atoms with E-state index < -0.39 is 0 Å². The fraction of sp³-hybridized carbons (Fsp3) is 0.154. The van der Waals surface area contributed by atoms with Gasteiger partial charge in [0.15, 0.2) is 0 Å². The molecule has 0 spiro atoms. The first-order valence-corrected chi connectivity index (χ1v) is 19.4. The maximum absolute atomic E-state index is 5.85. The van der Waals surface area contributed by atoms with Crippen LogP contribution in [0.5, 0.6) is 0 Å². The normalized spacial score (nSPS) is 16.8. The molecule has 5 heteroatoms. The van der Waals surface area contributed by atoms with Gasteiger partial charge in [-0.05, 0) is 171 Å². The second kappa shape index (κ2) is 14.9. The summed E-state index contributed by atoms with van der Waals surface area (Å²) in [6.07, 6.45) is 16.8. The van der Waals surface area contributed by atoms with Gasteiger partial charge < -0.3 is 0 Å². The fourth-order valence-electron chi connectivity index (χ4n) is 8.92. The molecule has 0 amide bonds. The molecule has 0 N–H and O–H groups in total. The Kier molecular flexibility index (Phi) is 9.92. The van der Waals surface area contributed by atoms with Gasteiger partial charge >= 0.3 is 0 Å². The summed E-state index contributed by atoms with van der Waals surface area (Å²) in [5, 5.41) is 0. The number of nitrogens with zero attached hydrogens (tertiary/aromatic N) is 4. The van der Waals surface area contributed by atoms with Crippen LogP contribution in [0.25, 0.3) is 22.3 Å². The van der Waals surface area contributed by atoms with E-state index in [4.69, 9.17) is 20.0 Å². The largest absolute Gasteiger partial charge is 0.249 e. The Morgan fingerprint density at radius 3 is 1.25 bits per heavy atom. The standard InChI is InChI=1S/C52H44N4.Zn/c1-29-13-9-14-30(2)44(29)42-27-41-26-39-22-21-37(53-39)25-38-23-24-40(54-38)28-43-48(45-31(3)15-10-16-32(45)4)49(46-33(5)17-11-18-34(46)6)52(56-43)50(51(42)55-41)47-35(7)19-12-20-36(47)8;/h9-28H,1-8H3;. The molecule has 0 unspecified atom stereocenters. The molecule has 0 aliphatic carbocycles. The Balaban J connectivity index is 0.00000455. The van der Waals surface area contributed by atoms with Crippen LogP contribution in [-0.2, 0) is 19.5 Å². The average Bonchev–Trinajstić information content (AvgIpc) is 3.95. The topological polar surface area (TPSA) is 49.4 Å². The van der Waals surface area contributed by atoms with Crippen molar-refractivity contribution in [1.82, 2.24) is 0 Å². The molecule has 5 aliphatic rings. The summed E-state index contributed by atoms with van der Waals surface area (Å²) in [4.78, 5) is 21.6. The number of allylic oxidation sites excluding steroid dienone is 12. The predicted molar refractivity (Wildman–Crippen MR) is 238 cm³/mol. The quantitative estimate of drug-likeness (QED) is 0.185. The third kappa shape index (κ3) is 6.64. The van der Waals surface area contributed by atoms with Crippen molar-refractivity contribution < 1.29 is 19.5 Å². The first-order chi connectivity index (χ1) is 27.0. The molecule has 8 bridgehead atoms. The van der Waals surface area contributed by atoms with E-state index in [1.165, 1.54) is 61.2 Å². The molecule has 274 valence electrons. The van der Waals surface area contributed by atoms with Crippen molar-refractivity contribution in [2.45, 2.75) is 55.4 Å². The molecule has 4 nitrogen and oxygen atoms in total. The van der Waals surface area contributed by atoms with Crippen LogP contribution < -0.4 is 0 Å². The van der Waals surface area contributed by atoms with Gasteiger partial charge in [0.1, 0.15) is 0 Å². The van der Waals surface area contributed by atoms with E-state index in [2.05, 4.69) is 165 Å². The van der Waals surface area contributed by atoms with Crippen LogP contribution in [0.2, 0.25) is 0 Å². The molecule has 9 rings (SSSR count). The number of rotatable bonds is 4. The number of hydrogen-bond acceptors (Lipinski definition) is 4. The minimum absolute atomic E-state index is 0. The Hall–Kier alpha value is -5.90. The molecular formula is C52H44N4Zn. The summed E-state index contributed by atoms with van der Waals surface area (Å²) in [6, 6.07) is 26.3. The molecule has 0 fully saturated rings. The number of hydrogen-bond donors (Lipinski definition) is 0. The van der Waals surface area contributed by atoms with E-state index >= 15 is 0 Å². The van der Waals surface area contributed by atoms with Gasteiger partial charge in [0.2, 0.25) is 0 Å². The van der Waals surface area contributed by atoms with Gasteiger partial charge in [0.05, 0.1) is 45.6 Å². The summed E-state index contributed by atoms with van der Waals surface area (Å²) >= 11 is 0. The van der Waals surface area contributed by atoms with Crippen LogP contribution in [0.4, 0.5) is 0 Å². The van der Waals surface area contributed by atoms with Crippen molar-refractivity contribution in [3.05, 3.63) is 211 Å². The zero-order chi connectivity index (χ0) is 38.8. The minimum Gasteiger partial charge on any atom is -0.249 e. The molecule has 0 atom stereocenters. The second-order valence-corrected chi connectivity index (χ2v) is 15.5. The maximum atomic E-state index is 5.85. The number of fused-ring (bicyclic) bond motifs is 4. The van der Waals surface area contributed by atoms with Crippen LogP contribution in [0, 0.1) is 55.4 Å². The first-order valence-electron chi connectivity index (χ1n) is 19.4. The van der Waals surface area contributed by atoms with Gasteiger partial charge in [0, 0.05) is 41.8 Å². The van der Waals surface area contributed by atoms with Crippen molar-refractivity contribution in [3.8, 4) is 0 Å². The molecule has 4 aromatic carbocycles. The first kappa shape index (κ1) is 38.0. The molecule has 5 heterocycles. The summed E-state index contributed by atoms with van der Waals surface area (Å²) < 4.78 is 0. The zero-order valence-corrected chi connectivity index (χ0v) is 37.0. The summed E-state index contributed by atoms with van der Waals surface area (Å²) in [5.41, 5.74) is 25.6. The number of aryl methyl sites for hydroxylation is 8. The predicted octanol–water partition coefficient (Wildman–Crippen LogP) is 12.2. The van der Waals surface area contributed by atoms with Gasteiger partial charge in [-0.25, -0.2) is 20.0 Å². The molecule has 57 heavy (non-hydrogen) atoms. The van der Waals surface area contributed by atoms with E-state index in [-0.39, 0.29) is 19.5 Å². The molecule has 0 aromatic heterocycles. The van der Waals surface area contributed by atoms with Crippen molar-refractivity contribution in [2.75, 3.05) is 0 Å². The Morgan fingerprint density at radius 2 is 0.754 bits per heavy atom. The van der Waals surface area contributed by atoms with E-state index in [0.717, 1.165) is 73.5 Å². The Labute approximate surface area is 349 Å². The molecular weight excluding hydrogens is 746 g/mol. The van der Waals surface area contributed by atoms with Crippen LogP contribution >= 0.6 is 0 Å². The van der Waals surface area contributed by atoms with Crippen molar-refractivity contribution >= 4 is 45.1 Å². The number of aliphatic imine (C=N–C) groups is 4. The van der Waals surface area contributed by atoms with Crippen LogP contribution in [0.15, 0.2) is 164 Å². The fourth-order valence-corrected chi connectivity index (χ4v) is 8.92. The third-order valence-corrected chi connectivity index (χ3v) is 11.4. The molecule has 4 aromatic rings. The van der Waals surface area contributed by atoms with Crippen LogP contribution in [0.1, 0.15) is 66.8 Å². The minimum atomic E-state index is 0. The average molecular weight is 790 g/mol. The maximum Gasteiger partial charge on any atom is 0.0823 e. The van der Waals surface area contributed by atoms with Gasteiger partial charge in [-0.1, -0.05) is 72.8 Å². The van der Waals surface area contributed by atoms with Crippen LogP contribution in [-0.4, -0.2) is 22.8 Å². The Morgan fingerprint density at radius 1 is 0.351 bits per heavy atom. The van der Waals surface area contributed by atoms with Gasteiger partial charge in [0.25, 0.3) is 0 Å². The zero-order valence-electron chi connectivity index (χ0n) is 34.0. The summed E-state index contributed by atoms with van der Waals surface area (Å²) in [5.74, 6) is 0. The van der Waals surface area contributed by atoms with Crippen molar-refractivity contribution in [3.63, 3.8) is 0 Å². The third-order valence-electron chi connectivity index (χ3n) is 11.4. The Bertz CT molecular complexity index is 2770. The molecule has 0 saturated heterocycles. The second-order valence-electron chi connectivity index (χ2n) is 15.5. The molecule has 0 saturated carbocycles. The molecule has 0 radical (unpaired) electrons. The SMILES string of the molecule is Cc1cccc(C)c1C1=CC2=CC3=NC(=CC4=NC(=CC5=NC(=C(c6c(C)cccc6C)C1=N2)C(c1c(C)cccc1C)=C5c1c(C)cccc1C)C=C4)C=C3.[Zn]. The summed E-state index contributed by atoms with van der Waals surface area (Å²) in [6.45, 7) is 17.7. The smallest absolute Gasteiger partial charge is 0.0823 e. The molecule has 5 aliphatic heterocycles. The van der Waals surface area contributed by atoms with Crippen molar-refractivity contribution in [1.29, 1.82) is 0 Å². The van der Waals surface area contributed by atoms with Gasteiger partial charge in [-0.2, -0.15) is 0 Å². The van der Waals surface area contributed by atoms with E-state index in [1.807, 2.05) is 12.2 Å². The van der Waals surface area contributed by atoms with E-state index in [0.29, 0.717) is 0 Å². The van der Waals surface area contributed by atoms with Crippen molar-refractivity contribution in [2.24, 2.45) is 20.0 Å². The summed E-state index contributed by atoms with van der Waals surface area (Å²) in [7, 11) is 0. The van der Waals surface area contributed by atoms with E-state index in [9.17, 15) is 0 Å². The monoisotopic (exact) mass is 788 g/mol. The van der Waals surface area contributed by atoms with E-state index in [1.54, 1.807) is 0 Å². The van der Waals surface area contributed by atoms with Gasteiger partial charge in [-0.3, -0.25) is 0 Å².